The van der Waals surface area contributed by atoms with Crippen LogP contribution in [-0.4, -0.2) is 24.0 Å². The van der Waals surface area contributed by atoms with Gasteiger partial charge in [0.15, 0.2) is 5.96 Å². The van der Waals surface area contributed by atoms with Gasteiger partial charge in [-0.15, -0.1) is 11.3 Å². The van der Waals surface area contributed by atoms with Crippen molar-refractivity contribution >= 4 is 17.3 Å². The van der Waals surface area contributed by atoms with E-state index in [1.165, 1.54) is 37.0 Å². The van der Waals surface area contributed by atoms with E-state index < -0.39 is 0 Å². The highest BCUT2D eigenvalue weighted by molar-refractivity contribution is 7.11. The Morgan fingerprint density at radius 1 is 1.40 bits per heavy atom. The maximum absolute atomic E-state index is 4.34. The van der Waals surface area contributed by atoms with E-state index in [1.807, 2.05) is 13.2 Å². The van der Waals surface area contributed by atoms with Gasteiger partial charge >= 0.3 is 0 Å². The molecule has 0 amide bonds. The van der Waals surface area contributed by atoms with Crippen molar-refractivity contribution in [2.24, 2.45) is 4.99 Å². The van der Waals surface area contributed by atoms with Crippen LogP contribution in [0.5, 0.6) is 0 Å². The van der Waals surface area contributed by atoms with Gasteiger partial charge in [-0.25, -0.2) is 4.98 Å². The largest absolute Gasteiger partial charge is 0.354 e. The molecule has 0 aliphatic rings. The van der Waals surface area contributed by atoms with Crippen LogP contribution in [0.3, 0.4) is 0 Å². The molecule has 114 valence electrons. The SMILES string of the molecule is CCCCCCC(C)NC(=NC)NCc1ncc(C)s1. The number of aryl methyl sites for hydroxylation is 1. The molecule has 0 aliphatic heterocycles. The van der Waals surface area contributed by atoms with Gasteiger partial charge < -0.3 is 10.6 Å². The molecule has 4 nitrogen and oxygen atoms in total. The van der Waals surface area contributed by atoms with Gasteiger partial charge in [-0.05, 0) is 20.3 Å². The lowest BCUT2D eigenvalue weighted by molar-refractivity contribution is 0.537. The molecule has 0 aliphatic carbocycles. The molecule has 1 atom stereocenters. The zero-order valence-electron chi connectivity index (χ0n) is 13.2. The first-order valence-corrected chi connectivity index (χ1v) is 8.35. The van der Waals surface area contributed by atoms with Gasteiger partial charge in [0.25, 0.3) is 0 Å². The lowest BCUT2D eigenvalue weighted by Crippen LogP contribution is -2.41. The van der Waals surface area contributed by atoms with Gasteiger partial charge in [0.1, 0.15) is 5.01 Å². The summed E-state index contributed by atoms with van der Waals surface area (Å²) < 4.78 is 0. The molecule has 1 aromatic rings. The Kier molecular flexibility index (Phi) is 8.26. The summed E-state index contributed by atoms with van der Waals surface area (Å²) in [6.45, 7) is 7.27. The third-order valence-electron chi connectivity index (χ3n) is 3.17. The number of rotatable bonds is 8. The van der Waals surface area contributed by atoms with Crippen LogP contribution in [-0.2, 0) is 6.54 Å². The molecule has 0 spiro atoms. The topological polar surface area (TPSA) is 49.3 Å². The van der Waals surface area contributed by atoms with E-state index in [2.05, 4.69) is 41.4 Å². The van der Waals surface area contributed by atoms with E-state index in [0.29, 0.717) is 6.04 Å². The first-order valence-electron chi connectivity index (χ1n) is 7.54. The summed E-state index contributed by atoms with van der Waals surface area (Å²) >= 11 is 1.72. The zero-order valence-corrected chi connectivity index (χ0v) is 14.0. The van der Waals surface area contributed by atoms with Gasteiger partial charge in [-0.2, -0.15) is 0 Å². The van der Waals surface area contributed by atoms with Gasteiger partial charge in [0.05, 0.1) is 6.54 Å². The maximum Gasteiger partial charge on any atom is 0.191 e. The molecular formula is C15H28N4S. The number of aromatic nitrogens is 1. The molecule has 0 radical (unpaired) electrons. The summed E-state index contributed by atoms with van der Waals surface area (Å²) in [5.41, 5.74) is 0. The number of hydrogen-bond donors (Lipinski definition) is 2. The summed E-state index contributed by atoms with van der Waals surface area (Å²) in [5.74, 6) is 0.862. The fraction of sp³-hybridized carbons (Fsp3) is 0.733. The molecule has 0 saturated heterocycles. The average Bonchev–Trinajstić information content (AvgIpc) is 2.85. The van der Waals surface area contributed by atoms with E-state index in [9.17, 15) is 0 Å². The first-order chi connectivity index (χ1) is 9.65. The highest BCUT2D eigenvalue weighted by atomic mass is 32.1. The van der Waals surface area contributed by atoms with Crippen molar-refractivity contribution in [1.82, 2.24) is 15.6 Å². The standard InChI is InChI=1S/C15H28N4S/c1-5-6-7-8-9-12(2)19-15(16-4)18-11-14-17-10-13(3)20-14/h10,12H,5-9,11H2,1-4H3,(H2,16,18,19). The van der Waals surface area contributed by atoms with Crippen molar-refractivity contribution in [1.29, 1.82) is 0 Å². The number of aliphatic imine (C=N–C) groups is 1. The number of thiazole rings is 1. The summed E-state index contributed by atoms with van der Waals surface area (Å²) in [5, 5.41) is 7.85. The highest BCUT2D eigenvalue weighted by Gasteiger charge is 2.06. The summed E-state index contributed by atoms with van der Waals surface area (Å²) in [6.07, 6.45) is 8.34. The van der Waals surface area contributed by atoms with Crippen LogP contribution in [0.1, 0.15) is 55.8 Å². The van der Waals surface area contributed by atoms with E-state index in [-0.39, 0.29) is 0 Å². The first kappa shape index (κ1) is 17.0. The molecule has 20 heavy (non-hydrogen) atoms. The summed E-state index contributed by atoms with van der Waals surface area (Å²) in [7, 11) is 1.81. The highest BCUT2D eigenvalue weighted by Crippen LogP contribution is 2.10. The third-order valence-corrected chi connectivity index (χ3v) is 4.09. The number of unbranched alkanes of at least 4 members (excludes halogenated alkanes) is 3. The predicted molar refractivity (Wildman–Crippen MR) is 88.4 cm³/mol. The number of guanidine groups is 1. The Morgan fingerprint density at radius 3 is 2.80 bits per heavy atom. The number of nitrogens with zero attached hydrogens (tertiary/aromatic N) is 2. The van der Waals surface area contributed by atoms with Crippen molar-refractivity contribution in [3.8, 4) is 0 Å². The molecule has 0 aromatic carbocycles. The molecule has 1 heterocycles. The minimum Gasteiger partial charge on any atom is -0.354 e. The Bertz CT molecular complexity index is 400. The van der Waals surface area contributed by atoms with Gasteiger partial charge in [0, 0.05) is 24.2 Å². The molecule has 2 N–H and O–H groups in total. The Balaban J connectivity index is 2.25. The van der Waals surface area contributed by atoms with Crippen LogP contribution in [0.25, 0.3) is 0 Å². The van der Waals surface area contributed by atoms with E-state index in [0.717, 1.165) is 17.5 Å². The number of nitrogens with one attached hydrogen (secondary N) is 2. The molecule has 1 unspecified atom stereocenters. The lowest BCUT2D eigenvalue weighted by atomic mass is 10.1. The van der Waals surface area contributed by atoms with Gasteiger partial charge in [0.2, 0.25) is 0 Å². The fourth-order valence-corrected chi connectivity index (χ4v) is 2.75. The molecule has 1 aromatic heterocycles. The van der Waals surface area contributed by atoms with Crippen LogP contribution >= 0.6 is 11.3 Å². The van der Waals surface area contributed by atoms with Crippen molar-refractivity contribution in [3.63, 3.8) is 0 Å². The van der Waals surface area contributed by atoms with Crippen molar-refractivity contribution in [2.45, 2.75) is 65.5 Å². The Morgan fingerprint density at radius 2 is 2.20 bits per heavy atom. The van der Waals surface area contributed by atoms with Gasteiger partial charge in [-0.1, -0.05) is 32.6 Å². The fourth-order valence-electron chi connectivity index (χ4n) is 2.02. The molecule has 0 bridgehead atoms. The Hall–Kier alpha value is -1.10. The second-order valence-electron chi connectivity index (χ2n) is 5.19. The normalized spacial score (nSPS) is 13.3. The van der Waals surface area contributed by atoms with Crippen molar-refractivity contribution in [3.05, 3.63) is 16.1 Å². The smallest absolute Gasteiger partial charge is 0.191 e. The molecule has 1 rings (SSSR count). The zero-order chi connectivity index (χ0) is 14.8. The van der Waals surface area contributed by atoms with Crippen LogP contribution in [0.4, 0.5) is 0 Å². The van der Waals surface area contributed by atoms with E-state index in [4.69, 9.17) is 0 Å². The van der Waals surface area contributed by atoms with Gasteiger partial charge in [-0.3, -0.25) is 4.99 Å². The lowest BCUT2D eigenvalue weighted by Gasteiger charge is -2.17. The maximum atomic E-state index is 4.34. The van der Waals surface area contributed by atoms with Crippen molar-refractivity contribution < 1.29 is 0 Å². The summed E-state index contributed by atoms with van der Waals surface area (Å²) in [6, 6.07) is 0.455. The van der Waals surface area contributed by atoms with Crippen molar-refractivity contribution in [2.75, 3.05) is 7.05 Å². The van der Waals surface area contributed by atoms with Crippen LogP contribution in [0.15, 0.2) is 11.2 Å². The monoisotopic (exact) mass is 296 g/mol. The number of hydrogen-bond acceptors (Lipinski definition) is 3. The summed E-state index contributed by atoms with van der Waals surface area (Å²) in [4.78, 5) is 9.85. The molecule has 5 heteroatoms. The van der Waals surface area contributed by atoms with E-state index in [1.54, 1.807) is 11.3 Å². The minimum absolute atomic E-state index is 0.455. The van der Waals surface area contributed by atoms with Crippen LogP contribution < -0.4 is 10.6 Å². The Labute approximate surface area is 127 Å². The predicted octanol–water partition coefficient (Wildman–Crippen LogP) is 3.48. The average molecular weight is 296 g/mol. The minimum atomic E-state index is 0.455. The van der Waals surface area contributed by atoms with E-state index >= 15 is 0 Å². The molecule has 0 saturated carbocycles. The second kappa shape index (κ2) is 9.75. The molecule has 0 fully saturated rings. The van der Waals surface area contributed by atoms with Crippen LogP contribution in [0, 0.1) is 6.92 Å². The second-order valence-corrected chi connectivity index (χ2v) is 6.50. The molecular weight excluding hydrogens is 268 g/mol. The quantitative estimate of drug-likeness (QED) is 0.439. The third kappa shape index (κ3) is 6.89. The van der Waals surface area contributed by atoms with Crippen LogP contribution in [0.2, 0.25) is 0 Å².